The van der Waals surface area contributed by atoms with E-state index in [0.29, 0.717) is 27.3 Å². The molecule has 0 aliphatic rings. The van der Waals surface area contributed by atoms with Crippen LogP contribution in [0.4, 0.5) is 11.4 Å². The predicted octanol–water partition coefficient (Wildman–Crippen LogP) is 6.94. The van der Waals surface area contributed by atoms with Crippen LogP contribution in [0.5, 0.6) is 17.2 Å². The Hall–Kier alpha value is -3.72. The van der Waals surface area contributed by atoms with E-state index in [1.54, 1.807) is 73.7 Å². The van der Waals surface area contributed by atoms with Crippen molar-refractivity contribution < 1.29 is 22.7 Å². The van der Waals surface area contributed by atoms with Crippen LogP contribution in [-0.2, 0) is 14.8 Å². The minimum absolute atomic E-state index is 0.0347. The molecule has 1 N–H and O–H groups in total. The highest BCUT2D eigenvalue weighted by atomic mass is 35.5. The molecule has 10 heteroatoms. The number of sulfonamides is 1. The van der Waals surface area contributed by atoms with Crippen molar-refractivity contribution in [1.82, 2.24) is 0 Å². The average molecular weight is 571 g/mol. The van der Waals surface area contributed by atoms with Crippen molar-refractivity contribution in [3.8, 4) is 17.2 Å². The number of carbonyl (C=O) groups is 1. The number of ether oxygens (including phenoxy) is 2. The summed E-state index contributed by atoms with van der Waals surface area (Å²) >= 11 is 12.5. The lowest BCUT2D eigenvalue weighted by Gasteiger charge is -2.25. The summed E-state index contributed by atoms with van der Waals surface area (Å²) in [6, 6.07) is 24.4. The summed E-state index contributed by atoms with van der Waals surface area (Å²) in [6.07, 6.45) is 0. The first-order valence-corrected chi connectivity index (χ1v) is 13.6. The zero-order valence-electron chi connectivity index (χ0n) is 20.5. The number of aryl methyl sites for hydroxylation is 1. The second kappa shape index (κ2) is 11.8. The number of carbonyl (C=O) groups excluding carboxylic acids is 1. The van der Waals surface area contributed by atoms with Crippen LogP contribution in [0.2, 0.25) is 10.0 Å². The van der Waals surface area contributed by atoms with Crippen molar-refractivity contribution in [2.45, 2.75) is 11.8 Å². The second-order valence-corrected chi connectivity index (χ2v) is 10.9. The van der Waals surface area contributed by atoms with Crippen molar-refractivity contribution in [2.75, 3.05) is 23.3 Å². The topological polar surface area (TPSA) is 84.9 Å². The van der Waals surface area contributed by atoms with Crippen molar-refractivity contribution in [3.05, 3.63) is 107 Å². The lowest BCUT2D eigenvalue weighted by molar-refractivity contribution is -0.114. The van der Waals surface area contributed by atoms with E-state index in [0.717, 1.165) is 9.87 Å². The molecule has 7 nitrogen and oxygen atoms in total. The third kappa shape index (κ3) is 6.22. The van der Waals surface area contributed by atoms with Crippen molar-refractivity contribution in [1.29, 1.82) is 0 Å². The first kappa shape index (κ1) is 27.3. The molecule has 0 bridgehead atoms. The smallest absolute Gasteiger partial charge is 0.264 e. The molecule has 0 unspecified atom stereocenters. The van der Waals surface area contributed by atoms with Crippen molar-refractivity contribution in [2.24, 2.45) is 0 Å². The molecule has 0 radical (unpaired) electrons. The second-order valence-electron chi connectivity index (χ2n) is 8.20. The molecule has 0 aliphatic carbocycles. The summed E-state index contributed by atoms with van der Waals surface area (Å²) in [5, 5.41) is 3.46. The molecule has 0 aliphatic heterocycles. The lowest BCUT2D eigenvalue weighted by Crippen LogP contribution is -2.38. The number of rotatable bonds is 9. The number of anilines is 2. The fourth-order valence-corrected chi connectivity index (χ4v) is 5.38. The van der Waals surface area contributed by atoms with Gasteiger partial charge in [0.15, 0.2) is 17.2 Å². The van der Waals surface area contributed by atoms with E-state index in [-0.39, 0.29) is 16.3 Å². The summed E-state index contributed by atoms with van der Waals surface area (Å²) in [4.78, 5) is 13.3. The van der Waals surface area contributed by atoms with Gasteiger partial charge in [0.05, 0.1) is 23.4 Å². The SMILES string of the molecule is COc1ccccc1Oc1ccc(Cl)cc1NC(=O)CN(c1ccc(C)c(Cl)c1)S(=O)(=O)c1ccccc1. The maximum Gasteiger partial charge on any atom is 0.264 e. The summed E-state index contributed by atoms with van der Waals surface area (Å²) in [6.45, 7) is 1.27. The molecule has 0 spiro atoms. The molecule has 4 aromatic rings. The van der Waals surface area contributed by atoms with Gasteiger partial charge >= 0.3 is 0 Å². The van der Waals surface area contributed by atoms with E-state index < -0.39 is 22.5 Å². The number of nitrogens with one attached hydrogen (secondary N) is 1. The Labute approximate surface area is 231 Å². The molecule has 4 rings (SSSR count). The van der Waals surface area contributed by atoms with E-state index in [4.69, 9.17) is 32.7 Å². The number of methoxy groups -OCH3 is 1. The quantitative estimate of drug-likeness (QED) is 0.235. The standard InChI is InChI=1S/C28H24Cl2N2O5S/c1-19-12-14-21(17-23(19)30)32(38(34,35)22-8-4-3-5-9-22)18-28(33)31-24-16-20(29)13-15-25(24)37-27-11-7-6-10-26(27)36-2/h3-17H,18H2,1-2H3,(H,31,33). The first-order chi connectivity index (χ1) is 18.2. The van der Waals surface area contributed by atoms with Gasteiger partial charge in [-0.1, -0.05) is 59.6 Å². The summed E-state index contributed by atoms with van der Waals surface area (Å²) in [5.41, 5.74) is 1.28. The molecule has 196 valence electrons. The molecular weight excluding hydrogens is 547 g/mol. The highest BCUT2D eigenvalue weighted by Crippen LogP contribution is 2.36. The fourth-order valence-electron chi connectivity index (χ4n) is 3.60. The predicted molar refractivity (Wildman–Crippen MR) is 150 cm³/mol. The van der Waals surface area contributed by atoms with Gasteiger partial charge in [0, 0.05) is 10.0 Å². The maximum atomic E-state index is 13.6. The molecule has 38 heavy (non-hydrogen) atoms. The Balaban J connectivity index is 1.66. The van der Waals surface area contributed by atoms with Crippen LogP contribution in [-0.4, -0.2) is 28.0 Å². The highest BCUT2D eigenvalue weighted by molar-refractivity contribution is 7.92. The van der Waals surface area contributed by atoms with E-state index in [1.807, 2.05) is 0 Å². The van der Waals surface area contributed by atoms with Crippen LogP contribution >= 0.6 is 23.2 Å². The minimum Gasteiger partial charge on any atom is -0.493 e. The Morgan fingerprint density at radius 1 is 0.868 bits per heavy atom. The molecule has 0 aromatic heterocycles. The van der Waals surface area contributed by atoms with Crippen molar-refractivity contribution >= 4 is 50.5 Å². The molecule has 1 amide bonds. The van der Waals surface area contributed by atoms with Gasteiger partial charge in [0.1, 0.15) is 6.54 Å². The van der Waals surface area contributed by atoms with E-state index in [9.17, 15) is 13.2 Å². The number of benzene rings is 4. The summed E-state index contributed by atoms with van der Waals surface area (Å²) < 4.78 is 39.5. The third-order valence-corrected chi connectivity index (χ3v) is 8.00. The fraction of sp³-hybridized carbons (Fsp3) is 0.107. The van der Waals surface area contributed by atoms with Gasteiger partial charge in [-0.2, -0.15) is 0 Å². The van der Waals surface area contributed by atoms with Crippen molar-refractivity contribution in [3.63, 3.8) is 0 Å². The van der Waals surface area contributed by atoms with Gasteiger partial charge in [0.25, 0.3) is 10.0 Å². The molecule has 0 saturated heterocycles. The van der Waals surface area contributed by atoms with Gasteiger partial charge in [-0.15, -0.1) is 0 Å². The first-order valence-electron chi connectivity index (χ1n) is 11.4. The van der Waals surface area contributed by atoms with Gasteiger partial charge in [-0.3, -0.25) is 9.10 Å². The monoisotopic (exact) mass is 570 g/mol. The Bertz CT molecular complexity index is 1560. The minimum atomic E-state index is -4.11. The van der Waals surface area contributed by atoms with Crippen LogP contribution in [0.1, 0.15) is 5.56 Å². The van der Waals surface area contributed by atoms with Crippen LogP contribution < -0.4 is 19.1 Å². The number of nitrogens with zero attached hydrogens (tertiary/aromatic N) is 1. The number of halogens is 2. The van der Waals surface area contributed by atoms with E-state index >= 15 is 0 Å². The molecular formula is C28H24Cl2N2O5S. The molecule has 4 aromatic carbocycles. The molecule has 0 saturated carbocycles. The molecule has 0 fully saturated rings. The van der Waals surface area contributed by atoms with Crippen LogP contribution in [0, 0.1) is 6.92 Å². The lowest BCUT2D eigenvalue weighted by atomic mass is 10.2. The number of amides is 1. The maximum absolute atomic E-state index is 13.6. The third-order valence-electron chi connectivity index (χ3n) is 5.57. The van der Waals surface area contributed by atoms with Crippen LogP contribution in [0.3, 0.4) is 0 Å². The van der Waals surface area contributed by atoms with Gasteiger partial charge < -0.3 is 14.8 Å². The van der Waals surface area contributed by atoms with Gasteiger partial charge in [-0.25, -0.2) is 8.42 Å². The van der Waals surface area contributed by atoms with Gasteiger partial charge in [-0.05, 0) is 67.1 Å². The number of hydrogen-bond acceptors (Lipinski definition) is 5. The zero-order valence-corrected chi connectivity index (χ0v) is 22.8. The Morgan fingerprint density at radius 2 is 1.55 bits per heavy atom. The Morgan fingerprint density at radius 3 is 2.24 bits per heavy atom. The van der Waals surface area contributed by atoms with Gasteiger partial charge in [0.2, 0.25) is 5.91 Å². The zero-order chi connectivity index (χ0) is 27.3. The van der Waals surface area contributed by atoms with Crippen LogP contribution in [0.25, 0.3) is 0 Å². The highest BCUT2D eigenvalue weighted by Gasteiger charge is 2.28. The number of para-hydroxylation sites is 2. The molecule has 0 heterocycles. The Kier molecular flexibility index (Phi) is 8.46. The largest absolute Gasteiger partial charge is 0.493 e. The van der Waals surface area contributed by atoms with Crippen LogP contribution in [0.15, 0.2) is 95.9 Å². The normalized spacial score (nSPS) is 11.1. The molecule has 0 atom stereocenters. The van der Waals surface area contributed by atoms with E-state index in [2.05, 4.69) is 5.32 Å². The number of hydrogen-bond donors (Lipinski definition) is 1. The summed E-state index contributed by atoms with van der Waals surface area (Å²) in [5.74, 6) is 0.600. The summed E-state index contributed by atoms with van der Waals surface area (Å²) in [7, 11) is -2.59. The van der Waals surface area contributed by atoms with E-state index in [1.165, 1.54) is 31.4 Å². The average Bonchev–Trinajstić information content (AvgIpc) is 2.91.